The predicted octanol–water partition coefficient (Wildman–Crippen LogP) is 6.82. The van der Waals surface area contributed by atoms with Crippen molar-refractivity contribution in [1.29, 1.82) is 0 Å². The van der Waals surface area contributed by atoms with Crippen molar-refractivity contribution in [2.75, 3.05) is 83.4 Å². The summed E-state index contributed by atoms with van der Waals surface area (Å²) in [5.41, 5.74) is 5.55. The van der Waals surface area contributed by atoms with Gasteiger partial charge in [0, 0.05) is 95.3 Å². The summed E-state index contributed by atoms with van der Waals surface area (Å²) < 4.78 is 5.61. The molecule has 6 rings (SSSR count). The molecule has 0 spiro atoms. The van der Waals surface area contributed by atoms with Crippen LogP contribution in [0.1, 0.15) is 75.7 Å². The first-order chi connectivity index (χ1) is 23.8. The van der Waals surface area contributed by atoms with Crippen molar-refractivity contribution >= 4 is 34.9 Å². The zero-order chi connectivity index (χ0) is 35.5. The smallest absolute Gasteiger partial charge is 0.410 e. The zero-order valence-corrected chi connectivity index (χ0v) is 31.3. The molecule has 0 bridgehead atoms. The first-order valence-electron chi connectivity index (χ1n) is 18.6. The normalized spacial score (nSPS) is 23.7. The molecule has 1 amide bonds. The SMILES string of the molecule is CC(C)(C)OC(=O)N1CCC(N2CCN(C[C@]3(C)CCC(c4ccc(Cl)cc4)=C(CN4CCN(c5ccc(C(=O)O)cc5)CC4)C3)CC2)CC1. The number of piperidine rings is 1. The molecular formula is C40H56ClN5O4. The third kappa shape index (κ3) is 9.40. The molecule has 3 heterocycles. The summed E-state index contributed by atoms with van der Waals surface area (Å²) in [5, 5.41) is 10.1. The molecule has 50 heavy (non-hydrogen) atoms. The number of hydrogen-bond donors (Lipinski definition) is 1. The van der Waals surface area contributed by atoms with Crippen LogP contribution >= 0.6 is 11.6 Å². The van der Waals surface area contributed by atoms with Gasteiger partial charge in [-0.1, -0.05) is 36.2 Å². The van der Waals surface area contributed by atoms with E-state index in [2.05, 4.69) is 38.7 Å². The Morgan fingerprint density at radius 1 is 0.860 bits per heavy atom. The van der Waals surface area contributed by atoms with Crippen molar-refractivity contribution in [2.24, 2.45) is 5.41 Å². The molecule has 9 nitrogen and oxygen atoms in total. The number of carboxylic acid groups (broad SMARTS) is 1. The number of ether oxygens (including phenoxy) is 1. The molecule has 4 aliphatic rings. The lowest BCUT2D eigenvalue weighted by Gasteiger charge is -2.46. The summed E-state index contributed by atoms with van der Waals surface area (Å²) in [4.78, 5) is 36.1. The lowest BCUT2D eigenvalue weighted by atomic mass is 9.71. The topological polar surface area (TPSA) is 79.8 Å². The minimum Gasteiger partial charge on any atom is -0.478 e. The van der Waals surface area contributed by atoms with E-state index < -0.39 is 11.6 Å². The Labute approximate surface area is 303 Å². The molecule has 3 fully saturated rings. The molecule has 0 unspecified atom stereocenters. The number of carbonyl (C=O) groups is 2. The van der Waals surface area contributed by atoms with Crippen LogP contribution in [0.5, 0.6) is 0 Å². The van der Waals surface area contributed by atoms with E-state index in [0.29, 0.717) is 11.6 Å². The van der Waals surface area contributed by atoms with E-state index in [1.807, 2.05) is 49.9 Å². The third-order valence-electron chi connectivity index (χ3n) is 11.1. The monoisotopic (exact) mass is 705 g/mol. The second-order valence-electron chi connectivity index (χ2n) is 16.2. The van der Waals surface area contributed by atoms with Crippen LogP contribution in [0.15, 0.2) is 54.1 Å². The van der Waals surface area contributed by atoms with Gasteiger partial charge < -0.3 is 24.5 Å². The number of likely N-dealkylation sites (tertiary alicyclic amines) is 1. The maximum absolute atomic E-state index is 12.6. The molecule has 2 aromatic rings. The first kappa shape index (κ1) is 36.7. The number of aromatic carboxylic acids is 1. The highest BCUT2D eigenvalue weighted by Crippen LogP contribution is 2.44. The number of nitrogens with zero attached hydrogens (tertiary/aromatic N) is 5. The van der Waals surface area contributed by atoms with Crippen molar-refractivity contribution in [3.8, 4) is 0 Å². The standard InChI is InChI=1S/C40H56ClN5O4/c1-39(2,3)50-38(49)46-17-14-35(15-18-46)45-25-21-43(22-26-45)29-40(4)16-13-36(30-5-9-33(41)10-6-30)32(27-40)28-42-19-23-44(24-20-42)34-11-7-31(8-12-34)37(47)48/h5-12,35H,13-29H2,1-4H3,(H,47,48)/t40-/m1/s1. The Morgan fingerprint density at radius 3 is 2.08 bits per heavy atom. The van der Waals surface area contributed by atoms with Gasteiger partial charge in [0.15, 0.2) is 0 Å². The quantitative estimate of drug-likeness (QED) is 0.321. The summed E-state index contributed by atoms with van der Waals surface area (Å²) in [7, 11) is 0. The number of allylic oxidation sites excluding steroid dienone is 1. The molecule has 10 heteroatoms. The Bertz CT molecular complexity index is 1500. The summed E-state index contributed by atoms with van der Waals surface area (Å²) in [5.74, 6) is -0.887. The third-order valence-corrected chi connectivity index (χ3v) is 11.4. The van der Waals surface area contributed by atoms with Crippen LogP contribution in [0.25, 0.3) is 5.57 Å². The van der Waals surface area contributed by atoms with E-state index >= 15 is 0 Å². The number of anilines is 1. The van der Waals surface area contributed by atoms with Crippen LogP contribution in [0, 0.1) is 5.41 Å². The number of hydrogen-bond acceptors (Lipinski definition) is 7. The van der Waals surface area contributed by atoms with Crippen molar-refractivity contribution in [3.63, 3.8) is 0 Å². The van der Waals surface area contributed by atoms with Crippen LogP contribution in [-0.2, 0) is 4.74 Å². The summed E-state index contributed by atoms with van der Waals surface area (Å²) >= 11 is 6.30. The molecule has 0 aromatic heterocycles. The van der Waals surface area contributed by atoms with Gasteiger partial charge in [-0.2, -0.15) is 0 Å². The second-order valence-corrected chi connectivity index (χ2v) is 16.6. The number of piperazine rings is 2. The van der Waals surface area contributed by atoms with Crippen LogP contribution in [-0.4, -0.2) is 127 Å². The molecule has 0 radical (unpaired) electrons. The number of carboxylic acids is 1. The summed E-state index contributed by atoms with van der Waals surface area (Å²) in [6, 6.07) is 16.2. The fraction of sp³-hybridized carbons (Fsp3) is 0.600. The summed E-state index contributed by atoms with van der Waals surface area (Å²) in [6.45, 7) is 20.1. The van der Waals surface area contributed by atoms with Crippen molar-refractivity contribution in [2.45, 2.75) is 71.4 Å². The largest absolute Gasteiger partial charge is 0.478 e. The molecule has 1 atom stereocenters. The van der Waals surface area contributed by atoms with Gasteiger partial charge in [0.1, 0.15) is 5.60 Å². The molecule has 3 aliphatic heterocycles. The van der Waals surface area contributed by atoms with Gasteiger partial charge in [-0.15, -0.1) is 0 Å². The minimum atomic E-state index is -0.887. The van der Waals surface area contributed by atoms with Crippen LogP contribution in [0.4, 0.5) is 10.5 Å². The highest BCUT2D eigenvalue weighted by Gasteiger charge is 2.36. The second kappa shape index (κ2) is 15.6. The average Bonchev–Trinajstić information content (AvgIpc) is 3.09. The van der Waals surface area contributed by atoms with Crippen LogP contribution in [0.3, 0.4) is 0 Å². The number of rotatable bonds is 8. The van der Waals surface area contributed by atoms with Gasteiger partial charge in [-0.25, -0.2) is 9.59 Å². The van der Waals surface area contributed by atoms with Gasteiger partial charge in [-0.3, -0.25) is 9.80 Å². The van der Waals surface area contributed by atoms with Gasteiger partial charge in [0.25, 0.3) is 0 Å². The molecule has 1 aliphatic carbocycles. The number of carbonyl (C=O) groups excluding carboxylic acids is 1. The van der Waals surface area contributed by atoms with E-state index in [-0.39, 0.29) is 11.5 Å². The lowest BCUT2D eigenvalue weighted by Crippen LogP contribution is -2.55. The van der Waals surface area contributed by atoms with Crippen LogP contribution in [0.2, 0.25) is 5.02 Å². The molecular weight excluding hydrogens is 650 g/mol. The number of halogens is 1. The maximum atomic E-state index is 12.6. The van der Waals surface area contributed by atoms with Gasteiger partial charge in [0.05, 0.1) is 5.56 Å². The number of amides is 1. The van der Waals surface area contributed by atoms with Gasteiger partial charge >= 0.3 is 12.1 Å². The van der Waals surface area contributed by atoms with Crippen molar-refractivity contribution < 1.29 is 19.4 Å². The maximum Gasteiger partial charge on any atom is 0.410 e. The molecule has 2 aromatic carbocycles. The Hall–Kier alpha value is -3.11. The Balaban J connectivity index is 1.04. The lowest BCUT2D eigenvalue weighted by molar-refractivity contribution is 0.00768. The predicted molar refractivity (Wildman–Crippen MR) is 201 cm³/mol. The minimum absolute atomic E-state index is 0.179. The van der Waals surface area contributed by atoms with Crippen molar-refractivity contribution in [3.05, 3.63) is 70.3 Å². The molecule has 272 valence electrons. The summed E-state index contributed by atoms with van der Waals surface area (Å²) in [6.07, 6.45) is 5.22. The number of benzene rings is 2. The molecule has 3 saturated heterocycles. The highest BCUT2D eigenvalue weighted by atomic mass is 35.5. The van der Waals surface area contributed by atoms with Gasteiger partial charge in [-0.05, 0) is 106 Å². The fourth-order valence-electron chi connectivity index (χ4n) is 8.42. The van der Waals surface area contributed by atoms with E-state index in [1.54, 1.807) is 17.7 Å². The van der Waals surface area contributed by atoms with E-state index in [0.717, 1.165) is 115 Å². The van der Waals surface area contributed by atoms with Crippen LogP contribution < -0.4 is 4.90 Å². The Kier molecular flexibility index (Phi) is 11.5. The highest BCUT2D eigenvalue weighted by molar-refractivity contribution is 6.30. The van der Waals surface area contributed by atoms with Crippen molar-refractivity contribution in [1.82, 2.24) is 19.6 Å². The van der Waals surface area contributed by atoms with Gasteiger partial charge in [0.2, 0.25) is 0 Å². The fourth-order valence-corrected chi connectivity index (χ4v) is 8.54. The Morgan fingerprint density at radius 2 is 1.48 bits per heavy atom. The zero-order valence-electron chi connectivity index (χ0n) is 30.5. The first-order valence-corrected chi connectivity index (χ1v) is 18.9. The molecule has 1 N–H and O–H groups in total. The van der Waals surface area contributed by atoms with E-state index in [4.69, 9.17) is 16.3 Å². The molecule has 0 saturated carbocycles. The van der Waals surface area contributed by atoms with E-state index in [9.17, 15) is 14.7 Å². The van der Waals surface area contributed by atoms with E-state index in [1.165, 1.54) is 17.6 Å². The average molecular weight is 706 g/mol.